The van der Waals surface area contributed by atoms with E-state index in [1.807, 2.05) is 0 Å². The van der Waals surface area contributed by atoms with Crippen LogP contribution in [-0.2, 0) is 14.4 Å². The summed E-state index contributed by atoms with van der Waals surface area (Å²) in [4.78, 5) is 36.8. The third-order valence-corrected chi connectivity index (χ3v) is 3.73. The summed E-state index contributed by atoms with van der Waals surface area (Å²) in [5.41, 5.74) is 4.08. The average molecular weight is 239 g/mol. The van der Waals surface area contributed by atoms with Crippen LogP contribution in [0.4, 0.5) is 0 Å². The van der Waals surface area contributed by atoms with Crippen LogP contribution < -0.4 is 11.1 Å². The summed E-state index contributed by atoms with van der Waals surface area (Å²) in [6.45, 7) is 3.48. The van der Waals surface area contributed by atoms with E-state index in [2.05, 4.69) is 5.32 Å². The Hall–Kier alpha value is -1.43. The van der Waals surface area contributed by atoms with Gasteiger partial charge in [0.25, 0.3) is 5.91 Å². The molecule has 1 heterocycles. The first-order chi connectivity index (χ1) is 7.83. The number of imide groups is 1. The molecule has 0 bridgehead atoms. The van der Waals surface area contributed by atoms with Crippen molar-refractivity contribution in [3.63, 3.8) is 0 Å². The highest BCUT2D eigenvalue weighted by Crippen LogP contribution is 2.47. The van der Waals surface area contributed by atoms with Gasteiger partial charge in [0.2, 0.25) is 11.8 Å². The van der Waals surface area contributed by atoms with E-state index in [1.54, 1.807) is 13.8 Å². The predicted molar refractivity (Wildman–Crippen MR) is 59.7 cm³/mol. The Balaban J connectivity index is 2.27. The van der Waals surface area contributed by atoms with E-state index >= 15 is 0 Å². The maximum atomic E-state index is 12.3. The second-order valence-corrected chi connectivity index (χ2v) is 5.31. The quantitative estimate of drug-likeness (QED) is 0.604. The summed E-state index contributed by atoms with van der Waals surface area (Å²) in [7, 11) is 0. The van der Waals surface area contributed by atoms with Gasteiger partial charge in [0.15, 0.2) is 0 Å². The number of rotatable bonds is 2. The first-order valence-electron chi connectivity index (χ1n) is 5.70. The minimum absolute atomic E-state index is 0.0701. The zero-order chi connectivity index (χ0) is 12.8. The maximum absolute atomic E-state index is 12.3. The fourth-order valence-corrected chi connectivity index (χ4v) is 2.05. The van der Waals surface area contributed by atoms with Crippen molar-refractivity contribution >= 4 is 17.7 Å². The largest absolute Gasteiger partial charge is 0.329 e. The van der Waals surface area contributed by atoms with E-state index < -0.39 is 22.8 Å². The van der Waals surface area contributed by atoms with E-state index in [1.165, 1.54) is 4.90 Å². The molecule has 0 aromatic rings. The summed E-state index contributed by atoms with van der Waals surface area (Å²) >= 11 is 0. The van der Waals surface area contributed by atoms with Crippen molar-refractivity contribution in [2.75, 3.05) is 13.1 Å². The standard InChI is InChI=1S/C11H17N3O3/c1-10(2)8(16)13-7(15)5-14(10)9(17)11(6-12)3-4-11/h3-6,12H2,1-2H3,(H,13,15,16). The number of piperazine rings is 1. The van der Waals surface area contributed by atoms with Crippen LogP contribution in [-0.4, -0.2) is 41.2 Å². The van der Waals surface area contributed by atoms with E-state index in [4.69, 9.17) is 5.73 Å². The van der Waals surface area contributed by atoms with Crippen LogP contribution in [0.5, 0.6) is 0 Å². The molecule has 0 aromatic heterocycles. The number of carbonyl (C=O) groups is 3. The molecule has 2 aliphatic rings. The molecule has 94 valence electrons. The van der Waals surface area contributed by atoms with E-state index in [-0.39, 0.29) is 19.0 Å². The number of nitrogens with zero attached hydrogens (tertiary/aromatic N) is 1. The molecule has 17 heavy (non-hydrogen) atoms. The summed E-state index contributed by atoms with van der Waals surface area (Å²) in [5, 5.41) is 2.24. The van der Waals surface area contributed by atoms with Crippen LogP contribution in [0.2, 0.25) is 0 Å². The van der Waals surface area contributed by atoms with Gasteiger partial charge in [0, 0.05) is 6.54 Å². The molecular weight excluding hydrogens is 222 g/mol. The third-order valence-electron chi connectivity index (χ3n) is 3.73. The summed E-state index contributed by atoms with van der Waals surface area (Å²) in [6.07, 6.45) is 1.48. The molecule has 0 unspecified atom stereocenters. The fraction of sp³-hybridized carbons (Fsp3) is 0.727. The van der Waals surface area contributed by atoms with E-state index in [0.717, 1.165) is 12.8 Å². The topological polar surface area (TPSA) is 92.5 Å². The molecule has 6 heteroatoms. The van der Waals surface area contributed by atoms with Crippen LogP contribution >= 0.6 is 0 Å². The number of nitrogens with one attached hydrogen (secondary N) is 1. The Morgan fingerprint density at radius 3 is 2.47 bits per heavy atom. The van der Waals surface area contributed by atoms with Crippen LogP contribution in [0.3, 0.4) is 0 Å². The maximum Gasteiger partial charge on any atom is 0.252 e. The molecule has 3 N–H and O–H groups in total. The second-order valence-electron chi connectivity index (χ2n) is 5.31. The molecule has 2 rings (SSSR count). The summed E-state index contributed by atoms with van der Waals surface area (Å²) < 4.78 is 0. The number of carbonyl (C=O) groups excluding carboxylic acids is 3. The van der Waals surface area contributed by atoms with Crippen molar-refractivity contribution in [3.8, 4) is 0 Å². The van der Waals surface area contributed by atoms with Crippen molar-refractivity contribution < 1.29 is 14.4 Å². The molecular formula is C11H17N3O3. The lowest BCUT2D eigenvalue weighted by molar-refractivity contribution is -0.158. The van der Waals surface area contributed by atoms with Gasteiger partial charge in [0.05, 0.1) is 5.41 Å². The minimum atomic E-state index is -0.990. The normalized spacial score (nSPS) is 25.5. The monoisotopic (exact) mass is 239 g/mol. The first kappa shape index (κ1) is 12.0. The zero-order valence-electron chi connectivity index (χ0n) is 10.1. The van der Waals surface area contributed by atoms with Gasteiger partial charge < -0.3 is 10.6 Å². The highest BCUT2D eigenvalue weighted by molar-refractivity contribution is 6.07. The number of hydrogen-bond acceptors (Lipinski definition) is 4. The molecule has 2 fully saturated rings. The van der Waals surface area contributed by atoms with E-state index in [9.17, 15) is 14.4 Å². The number of hydrogen-bond donors (Lipinski definition) is 2. The summed E-state index contributed by atoms with van der Waals surface area (Å²) in [6, 6.07) is 0. The third kappa shape index (κ3) is 1.72. The van der Waals surface area contributed by atoms with Gasteiger partial charge in [-0.1, -0.05) is 0 Å². The molecule has 0 radical (unpaired) electrons. The first-order valence-corrected chi connectivity index (χ1v) is 5.70. The fourth-order valence-electron chi connectivity index (χ4n) is 2.05. The van der Waals surface area contributed by atoms with Crippen LogP contribution in [0.25, 0.3) is 0 Å². The lowest BCUT2D eigenvalue weighted by Crippen LogP contribution is -2.66. The molecule has 1 saturated heterocycles. The van der Waals surface area contributed by atoms with Crippen LogP contribution in [0.1, 0.15) is 26.7 Å². The molecule has 1 aliphatic carbocycles. The molecule has 0 aromatic carbocycles. The van der Waals surface area contributed by atoms with Gasteiger partial charge in [-0.15, -0.1) is 0 Å². The van der Waals surface area contributed by atoms with Gasteiger partial charge in [-0.25, -0.2) is 0 Å². The highest BCUT2D eigenvalue weighted by atomic mass is 16.2. The van der Waals surface area contributed by atoms with Crippen LogP contribution in [0.15, 0.2) is 0 Å². The smallest absolute Gasteiger partial charge is 0.252 e. The molecule has 3 amide bonds. The minimum Gasteiger partial charge on any atom is -0.329 e. The van der Waals surface area contributed by atoms with Crippen molar-refractivity contribution in [2.24, 2.45) is 11.1 Å². The molecule has 1 aliphatic heterocycles. The van der Waals surface area contributed by atoms with Crippen molar-refractivity contribution in [2.45, 2.75) is 32.2 Å². The Labute approximate surface area is 99.5 Å². The van der Waals surface area contributed by atoms with Gasteiger partial charge in [-0.2, -0.15) is 0 Å². The lowest BCUT2D eigenvalue weighted by Gasteiger charge is -2.41. The average Bonchev–Trinajstić information content (AvgIpc) is 3.03. The predicted octanol–water partition coefficient (Wildman–Crippen LogP) is -1.01. The lowest BCUT2D eigenvalue weighted by atomic mass is 9.94. The van der Waals surface area contributed by atoms with Gasteiger partial charge in [-0.3, -0.25) is 19.7 Å². The number of nitrogens with two attached hydrogens (primary N) is 1. The molecule has 1 saturated carbocycles. The Morgan fingerprint density at radius 2 is 2.00 bits per heavy atom. The molecule has 0 spiro atoms. The highest BCUT2D eigenvalue weighted by Gasteiger charge is 2.55. The number of amides is 3. The van der Waals surface area contributed by atoms with Crippen molar-refractivity contribution in [1.82, 2.24) is 10.2 Å². The summed E-state index contributed by atoms with van der Waals surface area (Å²) in [5.74, 6) is -1.04. The Morgan fingerprint density at radius 1 is 1.41 bits per heavy atom. The van der Waals surface area contributed by atoms with Gasteiger partial charge in [-0.05, 0) is 26.7 Å². The van der Waals surface area contributed by atoms with Gasteiger partial charge in [0.1, 0.15) is 12.1 Å². The Kier molecular flexibility index (Phi) is 2.50. The molecule has 6 nitrogen and oxygen atoms in total. The Bertz CT molecular complexity index is 399. The zero-order valence-corrected chi connectivity index (χ0v) is 10.1. The SMILES string of the molecule is CC1(C)C(=O)NC(=O)CN1C(=O)C1(CN)CC1. The van der Waals surface area contributed by atoms with Gasteiger partial charge >= 0.3 is 0 Å². The van der Waals surface area contributed by atoms with Crippen molar-refractivity contribution in [3.05, 3.63) is 0 Å². The molecule has 0 atom stereocenters. The van der Waals surface area contributed by atoms with Crippen LogP contribution in [0, 0.1) is 5.41 Å². The second kappa shape index (κ2) is 3.53. The van der Waals surface area contributed by atoms with Crippen molar-refractivity contribution in [1.29, 1.82) is 0 Å². The van der Waals surface area contributed by atoms with E-state index in [0.29, 0.717) is 0 Å².